The number of aryl methyl sites for hydroxylation is 1. The second kappa shape index (κ2) is 11.6. The molecule has 0 amide bonds. The number of aromatic nitrogens is 1. The molecule has 1 heterocycles. The van der Waals surface area contributed by atoms with Gasteiger partial charge in [0.25, 0.3) is 0 Å². The number of para-hydroxylation sites is 1. The first-order valence-corrected chi connectivity index (χ1v) is 12.7. The van der Waals surface area contributed by atoms with Crippen molar-refractivity contribution in [1.82, 2.24) is 4.57 Å². The molecule has 1 fully saturated rings. The van der Waals surface area contributed by atoms with E-state index < -0.39 is 0 Å². The average Bonchev–Trinajstić information content (AvgIpc) is 3.27. The maximum Gasteiger partial charge on any atom is 0.190 e. The molecule has 1 saturated carbocycles. The van der Waals surface area contributed by atoms with Gasteiger partial charge in [0.05, 0.1) is 11.4 Å². The molecule has 0 spiro atoms. The Morgan fingerprint density at radius 3 is 2.15 bits per heavy atom. The number of hydrogen-bond acceptors (Lipinski definition) is 2. The van der Waals surface area contributed by atoms with Gasteiger partial charge in [-0.3, -0.25) is 0 Å². The first-order chi connectivity index (χ1) is 15.9. The Morgan fingerprint density at radius 2 is 1.45 bits per heavy atom. The molecule has 170 valence electrons. The SMILES string of the molecule is Br.c1ccc(CCn2c(-c3ccc(C4CCCCC4)cc3)csc2=Nc2ccccc2)cc1. The fourth-order valence-corrected chi connectivity index (χ4v) is 5.68. The average molecular weight is 520 g/mol. The van der Waals surface area contributed by atoms with Gasteiger partial charge in [-0.15, -0.1) is 28.3 Å². The van der Waals surface area contributed by atoms with E-state index in [0.717, 1.165) is 29.4 Å². The van der Waals surface area contributed by atoms with Crippen molar-refractivity contribution in [3.63, 3.8) is 0 Å². The highest BCUT2D eigenvalue weighted by atomic mass is 79.9. The summed E-state index contributed by atoms with van der Waals surface area (Å²) in [6.45, 7) is 0.916. The van der Waals surface area contributed by atoms with Gasteiger partial charge in [0.15, 0.2) is 4.80 Å². The van der Waals surface area contributed by atoms with Crippen LogP contribution in [0.3, 0.4) is 0 Å². The lowest BCUT2D eigenvalue weighted by Crippen LogP contribution is -2.17. The van der Waals surface area contributed by atoms with E-state index in [0.29, 0.717) is 0 Å². The number of rotatable bonds is 6. The minimum absolute atomic E-state index is 0. The Labute approximate surface area is 211 Å². The zero-order valence-corrected chi connectivity index (χ0v) is 21.4. The molecule has 2 nitrogen and oxygen atoms in total. The summed E-state index contributed by atoms with van der Waals surface area (Å²) >= 11 is 1.73. The van der Waals surface area contributed by atoms with Crippen LogP contribution in [-0.4, -0.2) is 4.57 Å². The van der Waals surface area contributed by atoms with Gasteiger partial charge in [-0.25, -0.2) is 4.99 Å². The summed E-state index contributed by atoms with van der Waals surface area (Å²) in [5.41, 5.74) is 6.41. The molecule has 0 aliphatic heterocycles. The number of hydrogen-bond donors (Lipinski definition) is 0. The van der Waals surface area contributed by atoms with E-state index in [1.54, 1.807) is 11.3 Å². The van der Waals surface area contributed by atoms with Crippen LogP contribution in [0.2, 0.25) is 0 Å². The van der Waals surface area contributed by atoms with Crippen LogP contribution in [0.5, 0.6) is 0 Å². The van der Waals surface area contributed by atoms with Gasteiger partial charge < -0.3 is 4.57 Å². The smallest absolute Gasteiger partial charge is 0.190 e. The Kier molecular flexibility index (Phi) is 8.35. The largest absolute Gasteiger partial charge is 0.316 e. The molecule has 5 rings (SSSR count). The molecule has 4 heteroatoms. The van der Waals surface area contributed by atoms with E-state index in [9.17, 15) is 0 Å². The Balaban J connectivity index is 0.00000259. The number of benzene rings is 3. The second-order valence-electron chi connectivity index (χ2n) is 8.70. The van der Waals surface area contributed by atoms with Crippen molar-refractivity contribution in [1.29, 1.82) is 0 Å². The van der Waals surface area contributed by atoms with Crippen LogP contribution < -0.4 is 4.80 Å². The lowest BCUT2D eigenvalue weighted by Gasteiger charge is -2.22. The second-order valence-corrected chi connectivity index (χ2v) is 9.53. The van der Waals surface area contributed by atoms with E-state index in [1.165, 1.54) is 54.5 Å². The third-order valence-electron chi connectivity index (χ3n) is 6.53. The first-order valence-electron chi connectivity index (χ1n) is 11.8. The Morgan fingerprint density at radius 1 is 0.788 bits per heavy atom. The standard InChI is InChI=1S/C29H30N2S.BrH/c1-4-10-23(11-5-1)20-21-31-28(22-32-29(31)30-27-14-8-3-9-15-27)26-18-16-25(17-19-26)24-12-6-2-7-13-24;/h1,3-5,8-11,14-19,22,24H,2,6-7,12-13,20-21H2;1H. The van der Waals surface area contributed by atoms with Crippen LogP contribution in [0.1, 0.15) is 49.1 Å². The van der Waals surface area contributed by atoms with Crippen LogP contribution in [0.4, 0.5) is 5.69 Å². The summed E-state index contributed by atoms with van der Waals surface area (Å²) < 4.78 is 2.39. The molecule has 0 atom stereocenters. The maximum absolute atomic E-state index is 4.97. The van der Waals surface area contributed by atoms with Crippen molar-refractivity contribution in [2.75, 3.05) is 0 Å². The minimum Gasteiger partial charge on any atom is -0.316 e. The molecular formula is C29H31BrN2S. The summed E-state index contributed by atoms with van der Waals surface area (Å²) in [4.78, 5) is 6.03. The summed E-state index contributed by atoms with van der Waals surface area (Å²) in [5, 5.41) is 2.27. The minimum atomic E-state index is 0. The van der Waals surface area contributed by atoms with Gasteiger partial charge in [-0.2, -0.15) is 0 Å². The molecule has 1 aliphatic carbocycles. The lowest BCUT2D eigenvalue weighted by atomic mass is 9.84. The van der Waals surface area contributed by atoms with Crippen LogP contribution >= 0.6 is 28.3 Å². The van der Waals surface area contributed by atoms with Gasteiger partial charge in [0, 0.05) is 11.9 Å². The monoisotopic (exact) mass is 518 g/mol. The fourth-order valence-electron chi connectivity index (χ4n) is 4.73. The molecule has 4 aromatic rings. The number of nitrogens with zero attached hydrogens (tertiary/aromatic N) is 2. The zero-order valence-electron chi connectivity index (χ0n) is 18.9. The summed E-state index contributed by atoms with van der Waals surface area (Å²) in [6, 6.07) is 30.4. The molecular weight excluding hydrogens is 488 g/mol. The first kappa shape index (κ1) is 23.7. The van der Waals surface area contributed by atoms with Crippen LogP contribution in [0, 0.1) is 0 Å². The predicted molar refractivity (Wildman–Crippen MR) is 146 cm³/mol. The molecule has 1 aliphatic rings. The van der Waals surface area contributed by atoms with Gasteiger partial charge in [0.2, 0.25) is 0 Å². The van der Waals surface area contributed by atoms with Crippen molar-refractivity contribution >= 4 is 34.0 Å². The molecule has 0 bridgehead atoms. The van der Waals surface area contributed by atoms with Crippen LogP contribution in [-0.2, 0) is 13.0 Å². The normalized spacial score (nSPS) is 14.7. The van der Waals surface area contributed by atoms with Crippen LogP contribution in [0.15, 0.2) is 95.3 Å². The van der Waals surface area contributed by atoms with Gasteiger partial charge in [-0.05, 0) is 54.0 Å². The fraction of sp³-hybridized carbons (Fsp3) is 0.276. The topological polar surface area (TPSA) is 17.3 Å². The van der Waals surface area contributed by atoms with Gasteiger partial charge in [-0.1, -0.05) is 92.1 Å². The molecule has 33 heavy (non-hydrogen) atoms. The summed E-state index contributed by atoms with van der Waals surface area (Å²) in [6.07, 6.45) is 7.83. The third kappa shape index (κ3) is 5.93. The van der Waals surface area contributed by atoms with E-state index in [2.05, 4.69) is 76.7 Å². The molecule has 0 unspecified atom stereocenters. The number of thiazole rings is 1. The van der Waals surface area contributed by atoms with Crippen molar-refractivity contribution in [2.24, 2.45) is 4.99 Å². The Hall–Kier alpha value is -2.43. The van der Waals surface area contributed by atoms with E-state index in [4.69, 9.17) is 4.99 Å². The number of halogens is 1. The zero-order chi connectivity index (χ0) is 21.6. The van der Waals surface area contributed by atoms with E-state index >= 15 is 0 Å². The highest BCUT2D eigenvalue weighted by Gasteiger charge is 2.16. The molecule has 0 radical (unpaired) electrons. The van der Waals surface area contributed by atoms with Crippen LogP contribution in [0.25, 0.3) is 11.3 Å². The quantitative estimate of drug-likeness (QED) is 0.244. The van der Waals surface area contributed by atoms with Crippen molar-refractivity contribution in [3.05, 3.63) is 106 Å². The maximum atomic E-state index is 4.97. The van der Waals surface area contributed by atoms with E-state index in [-0.39, 0.29) is 17.0 Å². The lowest BCUT2D eigenvalue weighted by molar-refractivity contribution is 0.443. The molecule has 0 saturated heterocycles. The van der Waals surface area contributed by atoms with E-state index in [1.807, 2.05) is 18.2 Å². The molecule has 3 aromatic carbocycles. The van der Waals surface area contributed by atoms with Crippen molar-refractivity contribution < 1.29 is 0 Å². The van der Waals surface area contributed by atoms with Gasteiger partial charge in [0.1, 0.15) is 0 Å². The highest BCUT2D eigenvalue weighted by molar-refractivity contribution is 8.93. The van der Waals surface area contributed by atoms with Gasteiger partial charge >= 0.3 is 0 Å². The van der Waals surface area contributed by atoms with Crippen molar-refractivity contribution in [3.8, 4) is 11.3 Å². The van der Waals surface area contributed by atoms with Crippen molar-refractivity contribution in [2.45, 2.75) is 51.0 Å². The third-order valence-corrected chi connectivity index (χ3v) is 7.39. The summed E-state index contributed by atoms with van der Waals surface area (Å²) in [5.74, 6) is 0.745. The molecule has 1 aromatic heterocycles. The molecule has 0 N–H and O–H groups in total. The highest BCUT2D eigenvalue weighted by Crippen LogP contribution is 2.33. The predicted octanol–water partition coefficient (Wildman–Crippen LogP) is 8.32. The Bertz CT molecular complexity index is 1190. The summed E-state index contributed by atoms with van der Waals surface area (Å²) in [7, 11) is 0.